The number of nitrogens with one attached hydrogen (secondary N) is 1. The van der Waals surface area contributed by atoms with Gasteiger partial charge in [0.1, 0.15) is 6.54 Å². The van der Waals surface area contributed by atoms with Crippen molar-refractivity contribution in [3.63, 3.8) is 0 Å². The minimum Gasteiger partial charge on any atom is -0.350 e. The predicted molar refractivity (Wildman–Crippen MR) is 92.8 cm³/mol. The first-order valence-electron chi connectivity index (χ1n) is 7.83. The molecule has 1 aliphatic rings. The van der Waals surface area contributed by atoms with E-state index in [1.165, 1.54) is 4.57 Å². The van der Waals surface area contributed by atoms with Crippen LogP contribution in [0.15, 0.2) is 29.1 Å². The molecule has 126 valence electrons. The Morgan fingerprint density at radius 2 is 1.91 bits per heavy atom. The summed E-state index contributed by atoms with van der Waals surface area (Å²) >= 11 is 0. The molecule has 1 aromatic carbocycles. The van der Waals surface area contributed by atoms with Gasteiger partial charge >= 0.3 is 5.69 Å². The van der Waals surface area contributed by atoms with E-state index in [0.29, 0.717) is 19.0 Å². The number of hydrogen-bond acceptors (Lipinski definition) is 3. The minimum absolute atomic E-state index is 0. The number of aromatic nitrogens is 2. The van der Waals surface area contributed by atoms with E-state index >= 15 is 0 Å². The molecule has 6 nitrogen and oxygen atoms in total. The fraction of sp³-hybridized carbons (Fsp3) is 0.500. The van der Waals surface area contributed by atoms with Gasteiger partial charge in [0, 0.05) is 19.1 Å². The Bertz CT molecular complexity index is 748. The molecule has 0 aliphatic heterocycles. The van der Waals surface area contributed by atoms with Crippen molar-refractivity contribution in [2.75, 3.05) is 6.54 Å². The average molecular weight is 339 g/mol. The summed E-state index contributed by atoms with van der Waals surface area (Å²) in [7, 11) is 0. The number of aryl methyl sites for hydroxylation is 1. The summed E-state index contributed by atoms with van der Waals surface area (Å²) in [5, 5.41) is 2.96. The Morgan fingerprint density at radius 3 is 2.43 bits per heavy atom. The van der Waals surface area contributed by atoms with Crippen molar-refractivity contribution < 1.29 is 4.79 Å². The van der Waals surface area contributed by atoms with E-state index in [0.717, 1.165) is 23.9 Å². The van der Waals surface area contributed by atoms with Gasteiger partial charge in [-0.2, -0.15) is 0 Å². The molecule has 1 amide bonds. The summed E-state index contributed by atoms with van der Waals surface area (Å²) in [4.78, 5) is 24.7. The molecule has 1 saturated carbocycles. The zero-order chi connectivity index (χ0) is 15.7. The third-order valence-corrected chi connectivity index (χ3v) is 4.33. The Kier molecular flexibility index (Phi) is 5.49. The number of nitrogens with two attached hydrogens (primary N) is 1. The average Bonchev–Trinajstić information content (AvgIpc) is 3.32. The second-order valence-corrected chi connectivity index (χ2v) is 5.85. The third-order valence-electron chi connectivity index (χ3n) is 4.33. The molecule has 3 rings (SSSR count). The molecule has 0 bridgehead atoms. The highest BCUT2D eigenvalue weighted by Crippen LogP contribution is 2.32. The van der Waals surface area contributed by atoms with Crippen molar-refractivity contribution in [1.82, 2.24) is 14.5 Å². The molecule has 1 fully saturated rings. The van der Waals surface area contributed by atoms with Gasteiger partial charge in [0.05, 0.1) is 11.0 Å². The number of carbonyl (C=O) groups is 1. The van der Waals surface area contributed by atoms with Gasteiger partial charge in [0.2, 0.25) is 5.91 Å². The summed E-state index contributed by atoms with van der Waals surface area (Å²) in [5.74, 6) is 0.353. The molecule has 1 aliphatic carbocycles. The molecule has 0 radical (unpaired) electrons. The van der Waals surface area contributed by atoms with Gasteiger partial charge in [0.15, 0.2) is 0 Å². The zero-order valence-electron chi connectivity index (χ0n) is 13.2. The smallest absolute Gasteiger partial charge is 0.329 e. The van der Waals surface area contributed by atoms with Crippen molar-refractivity contribution in [3.05, 3.63) is 34.7 Å². The number of imidazole rings is 1. The maximum absolute atomic E-state index is 12.5. The molecule has 1 aromatic heterocycles. The lowest BCUT2D eigenvalue weighted by atomic mass is 10.2. The fourth-order valence-corrected chi connectivity index (χ4v) is 2.99. The van der Waals surface area contributed by atoms with Crippen LogP contribution in [0.5, 0.6) is 0 Å². The Hall–Kier alpha value is -1.79. The molecule has 7 heteroatoms. The van der Waals surface area contributed by atoms with Crippen LogP contribution in [0.25, 0.3) is 11.0 Å². The molecule has 3 N–H and O–H groups in total. The van der Waals surface area contributed by atoms with Crippen LogP contribution >= 0.6 is 12.4 Å². The second-order valence-electron chi connectivity index (χ2n) is 5.85. The van der Waals surface area contributed by atoms with E-state index in [2.05, 4.69) is 5.32 Å². The van der Waals surface area contributed by atoms with Crippen molar-refractivity contribution in [1.29, 1.82) is 0 Å². The van der Waals surface area contributed by atoms with Gasteiger partial charge < -0.3 is 11.1 Å². The number of amides is 1. The number of nitrogens with zero attached hydrogens (tertiary/aromatic N) is 2. The minimum atomic E-state index is -0.150. The van der Waals surface area contributed by atoms with Gasteiger partial charge in [-0.25, -0.2) is 4.79 Å². The Morgan fingerprint density at radius 1 is 1.30 bits per heavy atom. The first-order valence-corrected chi connectivity index (χ1v) is 7.83. The van der Waals surface area contributed by atoms with Crippen LogP contribution in [-0.4, -0.2) is 27.6 Å². The fourth-order valence-electron chi connectivity index (χ4n) is 2.99. The molecule has 23 heavy (non-hydrogen) atoms. The summed E-state index contributed by atoms with van der Waals surface area (Å²) in [5.41, 5.74) is 7.22. The molecule has 1 heterocycles. The number of rotatable bonds is 6. The van der Waals surface area contributed by atoms with Crippen LogP contribution in [0.3, 0.4) is 0 Å². The van der Waals surface area contributed by atoms with Gasteiger partial charge in [-0.1, -0.05) is 12.1 Å². The molecule has 2 aromatic rings. The maximum Gasteiger partial charge on any atom is 0.329 e. The van der Waals surface area contributed by atoms with Crippen LogP contribution in [-0.2, 0) is 17.9 Å². The number of fused-ring (bicyclic) bond motifs is 1. The van der Waals surface area contributed by atoms with Crippen molar-refractivity contribution >= 4 is 29.3 Å². The van der Waals surface area contributed by atoms with E-state index in [1.807, 2.05) is 31.2 Å². The summed E-state index contributed by atoms with van der Waals surface area (Å²) < 4.78 is 3.22. The van der Waals surface area contributed by atoms with Crippen molar-refractivity contribution in [2.45, 2.75) is 38.9 Å². The van der Waals surface area contributed by atoms with Crippen molar-refractivity contribution in [2.24, 2.45) is 11.7 Å². The van der Waals surface area contributed by atoms with Crippen LogP contribution in [0.1, 0.15) is 19.8 Å². The first-order chi connectivity index (χ1) is 10.7. The lowest BCUT2D eigenvalue weighted by Gasteiger charge is -2.16. The molecule has 0 saturated heterocycles. The third kappa shape index (κ3) is 3.43. The van der Waals surface area contributed by atoms with E-state index in [9.17, 15) is 9.59 Å². The monoisotopic (exact) mass is 338 g/mol. The van der Waals surface area contributed by atoms with Crippen molar-refractivity contribution in [3.8, 4) is 0 Å². The van der Waals surface area contributed by atoms with E-state index < -0.39 is 0 Å². The van der Waals surface area contributed by atoms with Gasteiger partial charge in [-0.05, 0) is 37.8 Å². The first kappa shape index (κ1) is 17.6. The highest BCUT2D eigenvalue weighted by Gasteiger charge is 2.31. The topological polar surface area (TPSA) is 82.0 Å². The largest absolute Gasteiger partial charge is 0.350 e. The number of hydrogen-bond donors (Lipinski definition) is 2. The summed E-state index contributed by atoms with van der Waals surface area (Å²) in [6.07, 6.45) is 2.24. The normalized spacial score (nSPS) is 15.2. The number of para-hydroxylation sites is 2. The Balaban J connectivity index is 0.00000192. The maximum atomic E-state index is 12.5. The van der Waals surface area contributed by atoms with Crippen LogP contribution in [0.2, 0.25) is 0 Å². The highest BCUT2D eigenvalue weighted by molar-refractivity contribution is 5.85. The van der Waals surface area contributed by atoms with Gasteiger partial charge in [-0.3, -0.25) is 13.9 Å². The van der Waals surface area contributed by atoms with E-state index in [4.69, 9.17) is 5.73 Å². The number of halogens is 1. The summed E-state index contributed by atoms with van der Waals surface area (Å²) in [6, 6.07) is 7.58. The second kappa shape index (κ2) is 7.19. The Labute approximate surface area is 141 Å². The van der Waals surface area contributed by atoms with E-state index in [1.54, 1.807) is 4.57 Å². The lowest BCUT2D eigenvalue weighted by molar-refractivity contribution is -0.122. The zero-order valence-corrected chi connectivity index (χ0v) is 14.0. The lowest BCUT2D eigenvalue weighted by Crippen LogP contribution is -2.44. The van der Waals surface area contributed by atoms with Crippen LogP contribution in [0, 0.1) is 5.92 Å². The molecule has 1 atom stereocenters. The summed E-state index contributed by atoms with van der Waals surface area (Å²) in [6.45, 7) is 2.99. The molecule has 0 spiro atoms. The molecular weight excluding hydrogens is 316 g/mol. The SMILES string of the molecule is CCn1c(=O)n(CC(=O)NC(CN)C2CC2)c2ccccc21.Cl. The quantitative estimate of drug-likeness (QED) is 0.827. The number of carbonyl (C=O) groups excluding carboxylic acids is 1. The van der Waals surface area contributed by atoms with E-state index in [-0.39, 0.29) is 36.6 Å². The number of benzene rings is 1. The standard InChI is InChI=1S/C16H22N4O2.ClH/c1-2-19-13-5-3-4-6-14(13)20(16(19)22)10-15(21)18-12(9-17)11-7-8-11;/h3-6,11-12H,2,7-10,17H2,1H3,(H,18,21);1H. The van der Waals surface area contributed by atoms with Gasteiger partial charge in [0.25, 0.3) is 0 Å². The highest BCUT2D eigenvalue weighted by atomic mass is 35.5. The molecular formula is C16H23ClN4O2. The predicted octanol–water partition coefficient (Wildman–Crippen LogP) is 1.10. The van der Waals surface area contributed by atoms with Crippen LogP contribution in [0.4, 0.5) is 0 Å². The van der Waals surface area contributed by atoms with Crippen LogP contribution < -0.4 is 16.7 Å². The van der Waals surface area contributed by atoms with Gasteiger partial charge in [-0.15, -0.1) is 12.4 Å². The molecule has 1 unspecified atom stereocenters.